The number of carboxylic acid groups (broad SMARTS) is 1. The lowest BCUT2D eigenvalue weighted by Crippen LogP contribution is -2.37. The van der Waals surface area contributed by atoms with Crippen molar-refractivity contribution in [3.63, 3.8) is 0 Å². The molecule has 1 aromatic heterocycles. The summed E-state index contributed by atoms with van der Waals surface area (Å²) in [6.07, 6.45) is -1.01. The minimum Gasteiger partial charge on any atom is -0.481 e. The van der Waals surface area contributed by atoms with Crippen LogP contribution in [0.4, 0.5) is 13.2 Å². The summed E-state index contributed by atoms with van der Waals surface area (Å²) in [5.41, 5.74) is 0.604. The second-order valence-corrected chi connectivity index (χ2v) is 7.22. The molecule has 2 heterocycles. The van der Waals surface area contributed by atoms with Crippen molar-refractivity contribution < 1.29 is 27.9 Å². The molecule has 6 nitrogen and oxygen atoms in total. The van der Waals surface area contributed by atoms with Gasteiger partial charge in [-0.3, -0.25) is 14.3 Å². The maximum absolute atomic E-state index is 12.8. The zero-order chi connectivity index (χ0) is 17.9. The van der Waals surface area contributed by atoms with Crippen molar-refractivity contribution in [1.29, 1.82) is 0 Å². The van der Waals surface area contributed by atoms with E-state index in [9.17, 15) is 22.8 Å². The fraction of sp³-hybridized carbons (Fsp3) is 0.688. The molecular weight excluding hydrogens is 339 g/mol. The number of carbonyl (C=O) groups excluding carboxylic acids is 1. The Balaban J connectivity index is 1.54. The Morgan fingerprint density at radius 3 is 2.56 bits per heavy atom. The van der Waals surface area contributed by atoms with E-state index in [1.807, 2.05) is 0 Å². The van der Waals surface area contributed by atoms with Crippen molar-refractivity contribution in [2.45, 2.75) is 37.9 Å². The summed E-state index contributed by atoms with van der Waals surface area (Å²) >= 11 is 0. The van der Waals surface area contributed by atoms with Crippen LogP contribution in [0.15, 0.2) is 6.20 Å². The van der Waals surface area contributed by atoms with E-state index in [1.54, 1.807) is 4.90 Å². The SMILES string of the molecule is O=C(O)[C@@H]1[C@@H]2CCN(C(=O)c3cnn(CC(F)(F)F)c3C3CC3)C[C@@H]21. The molecule has 1 amide bonds. The number of piperidine rings is 1. The van der Waals surface area contributed by atoms with Gasteiger partial charge in [-0.15, -0.1) is 0 Å². The summed E-state index contributed by atoms with van der Waals surface area (Å²) in [4.78, 5) is 25.5. The monoisotopic (exact) mass is 357 g/mol. The van der Waals surface area contributed by atoms with E-state index in [0.717, 1.165) is 17.5 Å². The minimum absolute atomic E-state index is 0.0372. The van der Waals surface area contributed by atoms with E-state index >= 15 is 0 Å². The van der Waals surface area contributed by atoms with E-state index in [0.29, 0.717) is 25.2 Å². The van der Waals surface area contributed by atoms with Gasteiger partial charge in [-0.05, 0) is 31.1 Å². The maximum Gasteiger partial charge on any atom is 0.408 e. The molecule has 1 saturated heterocycles. The van der Waals surface area contributed by atoms with Gasteiger partial charge in [0, 0.05) is 19.0 Å². The quantitative estimate of drug-likeness (QED) is 0.896. The van der Waals surface area contributed by atoms with E-state index in [4.69, 9.17) is 5.11 Å². The Morgan fingerprint density at radius 1 is 1.24 bits per heavy atom. The molecule has 0 unspecified atom stereocenters. The van der Waals surface area contributed by atoms with Gasteiger partial charge in [0.1, 0.15) is 6.54 Å². The fourth-order valence-corrected chi connectivity index (χ4v) is 4.10. The van der Waals surface area contributed by atoms with Gasteiger partial charge in [0.25, 0.3) is 5.91 Å². The minimum atomic E-state index is -4.39. The molecule has 3 fully saturated rings. The molecule has 2 saturated carbocycles. The van der Waals surface area contributed by atoms with Crippen LogP contribution in [-0.2, 0) is 11.3 Å². The molecule has 1 aliphatic heterocycles. The number of aromatic nitrogens is 2. The van der Waals surface area contributed by atoms with Crippen LogP contribution < -0.4 is 0 Å². The molecule has 1 aromatic rings. The first-order valence-electron chi connectivity index (χ1n) is 8.41. The van der Waals surface area contributed by atoms with Gasteiger partial charge >= 0.3 is 12.1 Å². The number of carbonyl (C=O) groups is 2. The van der Waals surface area contributed by atoms with Crippen LogP contribution in [0.2, 0.25) is 0 Å². The normalized spacial score (nSPS) is 28.6. The fourth-order valence-electron chi connectivity index (χ4n) is 4.10. The van der Waals surface area contributed by atoms with Crippen LogP contribution in [0.3, 0.4) is 0 Å². The van der Waals surface area contributed by atoms with Crippen LogP contribution in [0, 0.1) is 17.8 Å². The molecular formula is C16H18F3N3O3. The van der Waals surface area contributed by atoms with Crippen molar-refractivity contribution in [1.82, 2.24) is 14.7 Å². The largest absolute Gasteiger partial charge is 0.481 e. The first-order valence-corrected chi connectivity index (χ1v) is 8.41. The number of amides is 1. The zero-order valence-electron chi connectivity index (χ0n) is 13.4. The van der Waals surface area contributed by atoms with E-state index in [2.05, 4.69) is 5.10 Å². The number of alkyl halides is 3. The third-order valence-corrected chi connectivity index (χ3v) is 5.47. The number of fused-ring (bicyclic) bond motifs is 1. The highest BCUT2D eigenvalue weighted by atomic mass is 19.4. The predicted molar refractivity (Wildman–Crippen MR) is 78.9 cm³/mol. The Bertz CT molecular complexity index is 726. The summed E-state index contributed by atoms with van der Waals surface area (Å²) in [5, 5.41) is 12.9. The van der Waals surface area contributed by atoms with Crippen LogP contribution in [0.25, 0.3) is 0 Å². The number of aliphatic carboxylic acids is 1. The highest BCUT2D eigenvalue weighted by Gasteiger charge is 2.57. The molecule has 0 radical (unpaired) electrons. The van der Waals surface area contributed by atoms with E-state index < -0.39 is 24.6 Å². The average molecular weight is 357 g/mol. The Kier molecular flexibility index (Phi) is 3.59. The van der Waals surface area contributed by atoms with Crippen molar-refractivity contribution in [2.24, 2.45) is 17.8 Å². The molecule has 4 rings (SSSR count). The van der Waals surface area contributed by atoms with Gasteiger partial charge in [0.15, 0.2) is 0 Å². The molecule has 2 aliphatic carbocycles. The van der Waals surface area contributed by atoms with Gasteiger partial charge in [-0.25, -0.2) is 0 Å². The zero-order valence-corrected chi connectivity index (χ0v) is 13.4. The molecule has 0 spiro atoms. The van der Waals surface area contributed by atoms with Gasteiger partial charge in [-0.1, -0.05) is 0 Å². The Morgan fingerprint density at radius 2 is 1.96 bits per heavy atom. The molecule has 1 N–H and O–H groups in total. The van der Waals surface area contributed by atoms with Crippen molar-refractivity contribution in [2.75, 3.05) is 13.1 Å². The smallest absolute Gasteiger partial charge is 0.408 e. The lowest BCUT2D eigenvalue weighted by atomic mass is 10.1. The summed E-state index contributed by atoms with van der Waals surface area (Å²) in [6.45, 7) is -0.398. The third kappa shape index (κ3) is 3.00. The van der Waals surface area contributed by atoms with Gasteiger partial charge < -0.3 is 10.0 Å². The molecule has 3 atom stereocenters. The average Bonchev–Trinajstić information content (AvgIpc) is 3.42. The third-order valence-electron chi connectivity index (χ3n) is 5.47. The van der Waals surface area contributed by atoms with Crippen molar-refractivity contribution >= 4 is 11.9 Å². The molecule has 9 heteroatoms. The molecule has 0 bridgehead atoms. The van der Waals surface area contributed by atoms with Crippen molar-refractivity contribution in [3.8, 4) is 0 Å². The lowest BCUT2D eigenvalue weighted by Gasteiger charge is -2.26. The summed E-state index contributed by atoms with van der Waals surface area (Å²) in [5.74, 6) is -1.52. The summed E-state index contributed by atoms with van der Waals surface area (Å²) in [7, 11) is 0. The van der Waals surface area contributed by atoms with Gasteiger partial charge in [0.2, 0.25) is 0 Å². The van der Waals surface area contributed by atoms with E-state index in [1.165, 1.54) is 6.20 Å². The standard InChI is InChI=1S/C16H18F3N3O3/c17-16(18,19)7-22-13(8-1-2-8)10(5-20-22)14(23)21-4-3-9-11(6-21)12(9)15(24)25/h5,8-9,11-12H,1-4,6-7H2,(H,24,25)/t9-,11+,12-/m1/s1. The highest BCUT2D eigenvalue weighted by molar-refractivity contribution is 5.95. The number of rotatable bonds is 4. The predicted octanol–water partition coefficient (Wildman–Crippen LogP) is 2.12. The lowest BCUT2D eigenvalue weighted by molar-refractivity contribution is -0.143. The number of halogens is 3. The number of hydrogen-bond donors (Lipinski definition) is 1. The molecule has 136 valence electrons. The topological polar surface area (TPSA) is 75.4 Å². The molecule has 3 aliphatic rings. The second kappa shape index (κ2) is 5.47. The number of hydrogen-bond acceptors (Lipinski definition) is 3. The maximum atomic E-state index is 12.8. The highest BCUT2D eigenvalue weighted by Crippen LogP contribution is 2.52. The second-order valence-electron chi connectivity index (χ2n) is 7.22. The Hall–Kier alpha value is -2.06. The van der Waals surface area contributed by atoms with Crippen molar-refractivity contribution in [3.05, 3.63) is 17.5 Å². The number of nitrogens with zero attached hydrogens (tertiary/aromatic N) is 3. The van der Waals surface area contributed by atoms with Crippen LogP contribution >= 0.6 is 0 Å². The number of likely N-dealkylation sites (tertiary alicyclic amines) is 1. The van der Waals surface area contributed by atoms with Crippen LogP contribution in [-0.4, -0.2) is 50.9 Å². The Labute approximate surface area is 141 Å². The number of carboxylic acids is 1. The first-order chi connectivity index (χ1) is 11.8. The van der Waals surface area contributed by atoms with Gasteiger partial charge in [0.05, 0.1) is 23.4 Å². The summed E-state index contributed by atoms with van der Waals surface area (Å²) in [6, 6.07) is 0. The van der Waals surface area contributed by atoms with E-state index in [-0.39, 0.29) is 29.2 Å². The molecule has 25 heavy (non-hydrogen) atoms. The van der Waals surface area contributed by atoms with Gasteiger partial charge in [-0.2, -0.15) is 18.3 Å². The summed E-state index contributed by atoms with van der Waals surface area (Å²) < 4.78 is 39.1. The molecule has 0 aromatic carbocycles. The first kappa shape index (κ1) is 16.4. The van der Waals surface area contributed by atoms with Crippen LogP contribution in [0.5, 0.6) is 0 Å². The van der Waals surface area contributed by atoms with Crippen LogP contribution in [0.1, 0.15) is 41.2 Å².